The van der Waals surface area contributed by atoms with Gasteiger partial charge in [0.1, 0.15) is 0 Å². The Hall–Kier alpha value is -2.02. The van der Waals surface area contributed by atoms with E-state index >= 15 is 0 Å². The Balaban J connectivity index is 2.77. The number of hydrogen-bond acceptors (Lipinski definition) is 3. The Bertz CT molecular complexity index is 364. The number of benzene rings is 1. The fraction of sp³-hybridized carbons (Fsp3) is 0.200. The van der Waals surface area contributed by atoms with E-state index in [9.17, 15) is 4.79 Å². The van der Waals surface area contributed by atoms with Crippen LogP contribution < -0.4 is 10.4 Å². The number of carbonyl (C=O) groups excluding carboxylic acids is 1. The first kappa shape index (κ1) is 10.1. The van der Waals surface area contributed by atoms with Crippen molar-refractivity contribution < 1.29 is 4.79 Å². The van der Waals surface area contributed by atoms with E-state index in [0.717, 1.165) is 5.69 Å². The van der Waals surface area contributed by atoms with Gasteiger partial charge >= 0.3 is 0 Å². The largest absolute Gasteiger partial charge is 0.289 e. The van der Waals surface area contributed by atoms with Crippen LogP contribution >= 0.6 is 0 Å². The van der Waals surface area contributed by atoms with Crippen molar-refractivity contribution in [2.45, 2.75) is 6.92 Å². The molecule has 0 heterocycles. The van der Waals surface area contributed by atoms with E-state index in [1.165, 1.54) is 6.92 Å². The lowest BCUT2D eigenvalue weighted by atomic mass is 10.2. The predicted octanol–water partition coefficient (Wildman–Crippen LogP) is 1.05. The molecule has 0 atom stereocenters. The highest BCUT2D eigenvalue weighted by atomic mass is 16.2. The number of anilines is 1. The molecule has 0 fully saturated rings. The van der Waals surface area contributed by atoms with Gasteiger partial charge in [-0.2, -0.15) is 5.26 Å². The van der Waals surface area contributed by atoms with E-state index in [1.807, 2.05) is 6.07 Å². The van der Waals surface area contributed by atoms with Crippen molar-refractivity contribution >= 4 is 11.6 Å². The topological polar surface area (TPSA) is 56.1 Å². The van der Waals surface area contributed by atoms with Gasteiger partial charge in [0.05, 0.1) is 17.3 Å². The molecule has 0 saturated carbocycles. The number of nitriles is 1. The summed E-state index contributed by atoms with van der Waals surface area (Å²) in [4.78, 5) is 10.7. The maximum Gasteiger partial charge on any atom is 0.235 e. The second kappa shape index (κ2) is 4.28. The van der Waals surface area contributed by atoms with Gasteiger partial charge in [0.15, 0.2) is 0 Å². The number of hydrogen-bond donors (Lipinski definition) is 1. The number of rotatable bonds is 2. The van der Waals surface area contributed by atoms with Crippen LogP contribution in [0.3, 0.4) is 0 Å². The van der Waals surface area contributed by atoms with Gasteiger partial charge in [0.2, 0.25) is 5.91 Å². The van der Waals surface area contributed by atoms with E-state index in [-0.39, 0.29) is 5.91 Å². The minimum Gasteiger partial charge on any atom is -0.289 e. The standard InChI is InChI=1S/C10H11N3O/c1-8(14)12-13(2)10-5-3-9(7-11)4-6-10/h3-6H,1-2H3,(H,12,14). The zero-order valence-electron chi connectivity index (χ0n) is 8.11. The second-order valence-electron chi connectivity index (χ2n) is 2.89. The van der Waals surface area contributed by atoms with Crippen molar-refractivity contribution in [2.75, 3.05) is 12.1 Å². The molecule has 72 valence electrons. The molecule has 0 saturated heterocycles. The Morgan fingerprint density at radius 2 is 2.00 bits per heavy atom. The van der Waals surface area contributed by atoms with Crippen LogP contribution in [0.5, 0.6) is 0 Å². The average Bonchev–Trinajstić information content (AvgIpc) is 2.17. The van der Waals surface area contributed by atoms with Gasteiger partial charge in [0.25, 0.3) is 0 Å². The monoisotopic (exact) mass is 189 g/mol. The maximum absolute atomic E-state index is 10.7. The highest BCUT2D eigenvalue weighted by Crippen LogP contribution is 2.11. The Morgan fingerprint density at radius 1 is 1.43 bits per heavy atom. The number of carbonyl (C=O) groups is 1. The molecule has 4 heteroatoms. The summed E-state index contributed by atoms with van der Waals surface area (Å²) in [7, 11) is 1.74. The molecule has 0 aliphatic carbocycles. The van der Waals surface area contributed by atoms with Gasteiger partial charge in [-0.05, 0) is 24.3 Å². The molecule has 0 radical (unpaired) electrons. The predicted molar refractivity (Wildman–Crippen MR) is 53.4 cm³/mol. The number of amides is 1. The molecule has 4 nitrogen and oxygen atoms in total. The summed E-state index contributed by atoms with van der Waals surface area (Å²) in [5.41, 5.74) is 4.04. The summed E-state index contributed by atoms with van der Waals surface area (Å²) in [6, 6.07) is 8.98. The summed E-state index contributed by atoms with van der Waals surface area (Å²) in [5, 5.41) is 10.2. The molecule has 0 aliphatic rings. The molecule has 1 N–H and O–H groups in total. The molecular weight excluding hydrogens is 178 g/mol. The fourth-order valence-corrected chi connectivity index (χ4v) is 1.06. The molecule has 0 aliphatic heterocycles. The Morgan fingerprint density at radius 3 is 2.43 bits per heavy atom. The third kappa shape index (κ3) is 2.49. The normalized spacial score (nSPS) is 8.93. The van der Waals surface area contributed by atoms with Crippen LogP contribution in [0.15, 0.2) is 24.3 Å². The average molecular weight is 189 g/mol. The highest BCUT2D eigenvalue weighted by Gasteiger charge is 2.00. The van der Waals surface area contributed by atoms with Gasteiger partial charge in [-0.1, -0.05) is 0 Å². The molecule has 1 aromatic carbocycles. The zero-order valence-corrected chi connectivity index (χ0v) is 8.11. The van der Waals surface area contributed by atoms with E-state index in [0.29, 0.717) is 5.56 Å². The number of hydrazine groups is 1. The van der Waals surface area contributed by atoms with E-state index in [2.05, 4.69) is 5.43 Å². The number of nitrogens with one attached hydrogen (secondary N) is 1. The lowest BCUT2D eigenvalue weighted by Crippen LogP contribution is -2.37. The first-order chi connectivity index (χ1) is 6.63. The summed E-state index contributed by atoms with van der Waals surface area (Å²) in [6.07, 6.45) is 0. The molecule has 1 rings (SSSR count). The molecule has 0 spiro atoms. The zero-order chi connectivity index (χ0) is 10.6. The van der Waals surface area contributed by atoms with Crippen LogP contribution in [0.1, 0.15) is 12.5 Å². The van der Waals surface area contributed by atoms with Crippen molar-refractivity contribution in [2.24, 2.45) is 0 Å². The molecule has 0 aromatic heterocycles. The summed E-state index contributed by atoms with van der Waals surface area (Å²) < 4.78 is 0. The lowest BCUT2D eigenvalue weighted by Gasteiger charge is -2.18. The molecule has 0 unspecified atom stereocenters. The van der Waals surface area contributed by atoms with Crippen molar-refractivity contribution in [3.05, 3.63) is 29.8 Å². The molecule has 1 aromatic rings. The van der Waals surface area contributed by atoms with Gasteiger partial charge in [-0.3, -0.25) is 15.2 Å². The molecule has 0 bridgehead atoms. The molecule has 1 amide bonds. The van der Waals surface area contributed by atoms with Crippen molar-refractivity contribution in [1.82, 2.24) is 5.43 Å². The molecule has 14 heavy (non-hydrogen) atoms. The smallest absolute Gasteiger partial charge is 0.235 e. The Labute approximate surface area is 82.7 Å². The second-order valence-corrected chi connectivity index (χ2v) is 2.89. The number of nitrogens with zero attached hydrogens (tertiary/aromatic N) is 2. The van der Waals surface area contributed by atoms with Crippen LogP contribution in [0.4, 0.5) is 5.69 Å². The van der Waals surface area contributed by atoms with Gasteiger partial charge < -0.3 is 0 Å². The molecular formula is C10H11N3O. The van der Waals surface area contributed by atoms with E-state index in [4.69, 9.17) is 5.26 Å². The third-order valence-electron chi connectivity index (χ3n) is 1.71. The van der Waals surface area contributed by atoms with Crippen LogP contribution in [-0.4, -0.2) is 13.0 Å². The first-order valence-electron chi connectivity index (χ1n) is 4.14. The summed E-state index contributed by atoms with van der Waals surface area (Å²) in [5.74, 6) is -0.128. The summed E-state index contributed by atoms with van der Waals surface area (Å²) in [6.45, 7) is 1.44. The maximum atomic E-state index is 10.7. The van der Waals surface area contributed by atoms with Crippen molar-refractivity contribution in [1.29, 1.82) is 5.26 Å². The highest BCUT2D eigenvalue weighted by molar-refractivity contribution is 5.75. The van der Waals surface area contributed by atoms with E-state index < -0.39 is 0 Å². The lowest BCUT2D eigenvalue weighted by molar-refractivity contribution is -0.119. The SMILES string of the molecule is CC(=O)NN(C)c1ccc(C#N)cc1. The van der Waals surface area contributed by atoms with Gasteiger partial charge in [-0.15, -0.1) is 0 Å². The van der Waals surface area contributed by atoms with Crippen LogP contribution in [-0.2, 0) is 4.79 Å². The first-order valence-corrected chi connectivity index (χ1v) is 4.14. The van der Waals surface area contributed by atoms with Crippen LogP contribution in [0, 0.1) is 11.3 Å². The van der Waals surface area contributed by atoms with E-state index in [1.54, 1.807) is 36.3 Å². The summed E-state index contributed by atoms with van der Waals surface area (Å²) >= 11 is 0. The minimum atomic E-state index is -0.128. The Kier molecular flexibility index (Phi) is 3.08. The quantitative estimate of drug-likeness (QED) is 0.707. The van der Waals surface area contributed by atoms with Crippen LogP contribution in [0.2, 0.25) is 0 Å². The van der Waals surface area contributed by atoms with Gasteiger partial charge in [-0.25, -0.2) is 0 Å². The van der Waals surface area contributed by atoms with Gasteiger partial charge in [0, 0.05) is 14.0 Å². The fourth-order valence-electron chi connectivity index (χ4n) is 1.06. The third-order valence-corrected chi connectivity index (χ3v) is 1.71. The minimum absolute atomic E-state index is 0.128. The van der Waals surface area contributed by atoms with Crippen molar-refractivity contribution in [3.63, 3.8) is 0 Å². The van der Waals surface area contributed by atoms with Crippen molar-refractivity contribution in [3.8, 4) is 6.07 Å². The van der Waals surface area contributed by atoms with Crippen LogP contribution in [0.25, 0.3) is 0 Å².